The van der Waals surface area contributed by atoms with Crippen LogP contribution in [0, 0.1) is 10.1 Å². The molecule has 0 aromatic heterocycles. The summed E-state index contributed by atoms with van der Waals surface area (Å²) in [7, 11) is 1.54. The van der Waals surface area contributed by atoms with Gasteiger partial charge in [-0.25, -0.2) is 0 Å². The van der Waals surface area contributed by atoms with Crippen molar-refractivity contribution in [2.75, 3.05) is 7.11 Å². The second-order valence-corrected chi connectivity index (χ2v) is 7.87. The lowest BCUT2D eigenvalue weighted by atomic mass is 9.86. The predicted octanol–water partition coefficient (Wildman–Crippen LogP) is 4.38. The fraction of sp³-hybridized carbons (Fsp3) is 0.381. The Morgan fingerprint density at radius 1 is 1.12 bits per heavy atom. The van der Waals surface area contributed by atoms with Gasteiger partial charge in [0.15, 0.2) is 0 Å². The van der Waals surface area contributed by atoms with Gasteiger partial charge in [-0.05, 0) is 40.8 Å². The highest BCUT2D eigenvalue weighted by atomic mass is 16.6. The summed E-state index contributed by atoms with van der Waals surface area (Å²) < 4.78 is 5.08. The molecule has 26 heavy (non-hydrogen) atoms. The quantitative estimate of drug-likeness (QED) is 0.454. The lowest BCUT2D eigenvalue weighted by molar-refractivity contribution is -0.521. The first-order valence-electron chi connectivity index (χ1n) is 8.64. The third kappa shape index (κ3) is 2.98. The molecule has 1 aliphatic carbocycles. The van der Waals surface area contributed by atoms with Crippen LogP contribution in [0.4, 0.5) is 0 Å². The Labute approximate surface area is 153 Å². The van der Waals surface area contributed by atoms with E-state index in [4.69, 9.17) is 4.74 Å². The second-order valence-electron chi connectivity index (χ2n) is 7.87. The van der Waals surface area contributed by atoms with Gasteiger partial charge >= 0.3 is 0 Å². The number of Topliss-reactive ketones (excluding diaryl/α,β-unsaturated/α-hetero) is 1. The largest absolute Gasteiger partial charge is 0.497 e. The Morgan fingerprint density at radius 2 is 1.69 bits per heavy atom. The van der Waals surface area contributed by atoms with E-state index in [1.165, 1.54) is 7.11 Å². The van der Waals surface area contributed by atoms with Crippen LogP contribution < -0.4 is 4.74 Å². The van der Waals surface area contributed by atoms with Crippen molar-refractivity contribution in [3.63, 3.8) is 0 Å². The van der Waals surface area contributed by atoms with Crippen LogP contribution >= 0.6 is 0 Å². The van der Waals surface area contributed by atoms with Gasteiger partial charge in [-0.2, -0.15) is 0 Å². The van der Waals surface area contributed by atoms with Gasteiger partial charge in [0.05, 0.1) is 13.0 Å². The van der Waals surface area contributed by atoms with Crippen molar-refractivity contribution in [2.24, 2.45) is 0 Å². The predicted molar refractivity (Wildman–Crippen MR) is 99.5 cm³/mol. The number of ether oxygens (including phenoxy) is 1. The van der Waals surface area contributed by atoms with Crippen molar-refractivity contribution in [1.82, 2.24) is 0 Å². The first-order chi connectivity index (χ1) is 12.2. The molecule has 5 nitrogen and oxygen atoms in total. The van der Waals surface area contributed by atoms with Crippen LogP contribution in [0.25, 0.3) is 0 Å². The third-order valence-corrected chi connectivity index (χ3v) is 5.18. The van der Waals surface area contributed by atoms with E-state index >= 15 is 0 Å². The summed E-state index contributed by atoms with van der Waals surface area (Å²) in [5, 5.41) is 11.8. The topological polar surface area (TPSA) is 69.4 Å². The van der Waals surface area contributed by atoms with Crippen molar-refractivity contribution in [2.45, 2.75) is 44.1 Å². The molecule has 136 valence electrons. The van der Waals surface area contributed by atoms with E-state index in [9.17, 15) is 14.9 Å². The normalized spacial score (nSPS) is 21.9. The highest BCUT2D eigenvalue weighted by Gasteiger charge is 2.72. The number of methoxy groups -OCH3 is 1. The Balaban J connectivity index is 1.89. The van der Waals surface area contributed by atoms with E-state index in [2.05, 4.69) is 20.8 Å². The molecule has 1 fully saturated rings. The van der Waals surface area contributed by atoms with E-state index < -0.39 is 16.2 Å². The Kier molecular flexibility index (Phi) is 4.34. The molecule has 0 unspecified atom stereocenters. The van der Waals surface area contributed by atoms with Gasteiger partial charge in [-0.1, -0.05) is 45.0 Å². The minimum absolute atomic E-state index is 0.0151. The molecular formula is C21H23NO4. The third-order valence-electron chi connectivity index (χ3n) is 5.18. The highest BCUT2D eigenvalue weighted by molar-refractivity contribution is 6.05. The van der Waals surface area contributed by atoms with Crippen molar-refractivity contribution in [3.8, 4) is 5.75 Å². The molecule has 0 heterocycles. The fourth-order valence-electron chi connectivity index (χ4n) is 3.39. The number of hydrogen-bond acceptors (Lipinski definition) is 4. The van der Waals surface area contributed by atoms with Gasteiger partial charge < -0.3 is 4.74 Å². The summed E-state index contributed by atoms with van der Waals surface area (Å²) in [6, 6.07) is 14.3. The molecule has 3 rings (SSSR count). The van der Waals surface area contributed by atoms with Crippen molar-refractivity contribution < 1.29 is 14.5 Å². The number of ketones is 1. The van der Waals surface area contributed by atoms with E-state index in [0.29, 0.717) is 11.3 Å². The zero-order valence-corrected chi connectivity index (χ0v) is 15.5. The van der Waals surface area contributed by atoms with Gasteiger partial charge in [-0.15, -0.1) is 0 Å². The molecule has 0 N–H and O–H groups in total. The molecule has 1 saturated carbocycles. The number of carbonyl (C=O) groups is 1. The molecule has 5 heteroatoms. The van der Waals surface area contributed by atoms with E-state index in [1.54, 1.807) is 24.3 Å². The molecule has 2 atom stereocenters. The van der Waals surface area contributed by atoms with Crippen LogP contribution in [0.15, 0.2) is 48.5 Å². The molecule has 1 aliphatic rings. The van der Waals surface area contributed by atoms with Crippen LogP contribution in [-0.2, 0) is 5.41 Å². The van der Waals surface area contributed by atoms with Gasteiger partial charge in [0, 0.05) is 16.9 Å². The summed E-state index contributed by atoms with van der Waals surface area (Å²) in [6.45, 7) is 6.36. The summed E-state index contributed by atoms with van der Waals surface area (Å²) in [5.74, 6) is -0.210. The summed E-state index contributed by atoms with van der Waals surface area (Å²) in [6.07, 6.45) is 0.236. The van der Waals surface area contributed by atoms with E-state index in [-0.39, 0.29) is 17.8 Å². The zero-order chi connectivity index (χ0) is 19.1. The number of hydrogen-bond donors (Lipinski definition) is 0. The van der Waals surface area contributed by atoms with Gasteiger partial charge in [-0.3, -0.25) is 14.9 Å². The maximum absolute atomic E-state index is 12.9. The lowest BCUT2D eigenvalue weighted by Gasteiger charge is -2.19. The molecule has 0 bridgehead atoms. The molecular weight excluding hydrogens is 330 g/mol. The van der Waals surface area contributed by atoms with Crippen molar-refractivity contribution in [1.29, 1.82) is 0 Å². The number of nitrogens with zero attached hydrogens (tertiary/aromatic N) is 1. The number of benzene rings is 2. The molecule has 0 aliphatic heterocycles. The van der Waals surface area contributed by atoms with E-state index in [0.717, 1.165) is 11.1 Å². The second kappa shape index (κ2) is 6.24. The van der Waals surface area contributed by atoms with Gasteiger partial charge in [0.25, 0.3) is 5.54 Å². The average molecular weight is 353 g/mol. The lowest BCUT2D eigenvalue weighted by Crippen LogP contribution is -2.34. The van der Waals surface area contributed by atoms with Crippen LogP contribution in [0.5, 0.6) is 5.75 Å². The first kappa shape index (κ1) is 18.1. The standard InChI is InChI=1S/C21H23NO4/c1-20(2,3)16-9-5-14(6-10-16)18-13-21(18,22(24)25)19(23)15-7-11-17(26-4)12-8-15/h5-12,18H,13H2,1-4H3/t18-,21-/m0/s1. The Hall–Kier alpha value is -2.69. The maximum Gasteiger partial charge on any atom is 0.291 e. The molecule has 0 saturated heterocycles. The number of nitro groups is 1. The van der Waals surface area contributed by atoms with Crippen LogP contribution in [0.2, 0.25) is 0 Å². The molecule has 2 aromatic carbocycles. The molecule has 2 aromatic rings. The number of rotatable bonds is 5. The molecule has 0 spiro atoms. The summed E-state index contributed by atoms with van der Waals surface area (Å²) in [4.78, 5) is 24.3. The van der Waals surface area contributed by atoms with Gasteiger partial charge in [0.1, 0.15) is 5.75 Å². The van der Waals surface area contributed by atoms with Crippen molar-refractivity contribution >= 4 is 5.78 Å². The monoisotopic (exact) mass is 353 g/mol. The number of carbonyl (C=O) groups excluding carboxylic acids is 1. The summed E-state index contributed by atoms with van der Waals surface area (Å²) >= 11 is 0. The van der Waals surface area contributed by atoms with Crippen LogP contribution in [0.1, 0.15) is 54.6 Å². The molecule has 0 radical (unpaired) electrons. The minimum atomic E-state index is -1.56. The van der Waals surface area contributed by atoms with Crippen molar-refractivity contribution in [3.05, 3.63) is 75.3 Å². The fourth-order valence-corrected chi connectivity index (χ4v) is 3.39. The zero-order valence-electron chi connectivity index (χ0n) is 15.5. The van der Waals surface area contributed by atoms with Crippen LogP contribution in [-0.4, -0.2) is 23.4 Å². The first-order valence-corrected chi connectivity index (χ1v) is 8.64. The minimum Gasteiger partial charge on any atom is -0.497 e. The van der Waals surface area contributed by atoms with Gasteiger partial charge in [0.2, 0.25) is 5.78 Å². The highest BCUT2D eigenvalue weighted by Crippen LogP contribution is 2.55. The summed E-state index contributed by atoms with van der Waals surface area (Å²) in [5.41, 5.74) is 0.807. The average Bonchev–Trinajstić information content (AvgIpc) is 3.38. The Morgan fingerprint density at radius 3 is 2.15 bits per heavy atom. The molecule has 0 amide bonds. The Bertz CT molecular complexity index is 834. The SMILES string of the molecule is COc1ccc(C(=O)[C@]2([N+](=O)[O-])C[C@H]2c2ccc(C(C)(C)C)cc2)cc1. The smallest absolute Gasteiger partial charge is 0.291 e. The van der Waals surface area contributed by atoms with Crippen LogP contribution in [0.3, 0.4) is 0 Å². The van der Waals surface area contributed by atoms with E-state index in [1.807, 2.05) is 24.3 Å². The maximum atomic E-state index is 12.9.